The number of hydrogen-bond acceptors (Lipinski definition) is 4. The highest BCUT2D eigenvalue weighted by Gasteiger charge is 2.17. The molecule has 128 valence electrons. The Morgan fingerprint density at radius 2 is 1.65 bits per heavy atom. The third-order valence-electron chi connectivity index (χ3n) is 3.21. The van der Waals surface area contributed by atoms with Crippen molar-refractivity contribution < 1.29 is 14.3 Å². The number of Topliss-reactive ketones (excluding diaryl/α,β-unsaturated/α-hetero) is 1. The minimum atomic E-state index is -0.570. The highest BCUT2D eigenvalue weighted by atomic mass is 16.5. The van der Waals surface area contributed by atoms with Crippen LogP contribution in [0.5, 0.6) is 0 Å². The van der Waals surface area contributed by atoms with Crippen molar-refractivity contribution >= 4 is 17.6 Å². The monoisotopic (exact) mass is 320 g/mol. The molecule has 0 aliphatic rings. The Morgan fingerprint density at radius 1 is 1.04 bits per heavy atom. The number of hydrogen-bond donors (Lipinski definition) is 2. The maximum Gasteiger partial charge on any atom is 0.408 e. The largest absolute Gasteiger partial charge is 0.445 e. The van der Waals surface area contributed by atoms with Crippen molar-refractivity contribution in [1.82, 2.24) is 5.32 Å². The molecule has 0 aliphatic heterocycles. The zero-order valence-electron chi connectivity index (χ0n) is 14.7. The molecule has 0 saturated carbocycles. The van der Waals surface area contributed by atoms with Crippen LogP contribution >= 0.6 is 0 Å². The first-order valence-corrected chi connectivity index (χ1v) is 8.09. The molecular formula is C18H28N2O3. The predicted molar refractivity (Wildman–Crippen MR) is 92.4 cm³/mol. The molecule has 0 aliphatic carbocycles. The van der Waals surface area contributed by atoms with Gasteiger partial charge in [-0.3, -0.25) is 4.79 Å². The summed E-state index contributed by atoms with van der Waals surface area (Å²) in [5.74, 6) is 0.293. The third kappa shape index (κ3) is 7.68. The fraction of sp³-hybridized carbons (Fsp3) is 0.556. The molecule has 0 fully saturated rings. The summed E-state index contributed by atoms with van der Waals surface area (Å²) in [6, 6.07) is 7.56. The van der Waals surface area contributed by atoms with Gasteiger partial charge in [-0.2, -0.15) is 0 Å². The second kappa shape index (κ2) is 9.18. The number of carbonyl (C=O) groups is 2. The first-order valence-electron chi connectivity index (χ1n) is 8.09. The van der Waals surface area contributed by atoms with E-state index in [2.05, 4.69) is 24.5 Å². The lowest BCUT2D eigenvalue weighted by molar-refractivity contribution is -0.121. The lowest BCUT2D eigenvalue weighted by atomic mass is 10.0. The molecule has 1 aromatic carbocycles. The van der Waals surface area contributed by atoms with E-state index >= 15 is 0 Å². The summed E-state index contributed by atoms with van der Waals surface area (Å²) in [5, 5.41) is 5.86. The first-order chi connectivity index (χ1) is 10.8. The minimum Gasteiger partial charge on any atom is -0.445 e. The molecule has 0 aromatic heterocycles. The molecule has 0 radical (unpaired) electrons. The minimum absolute atomic E-state index is 0.0149. The van der Waals surface area contributed by atoms with Crippen molar-refractivity contribution in [3.63, 3.8) is 0 Å². The maximum atomic E-state index is 11.8. The van der Waals surface area contributed by atoms with Crippen LogP contribution in [0, 0.1) is 5.92 Å². The van der Waals surface area contributed by atoms with Crippen molar-refractivity contribution in [3.05, 3.63) is 29.8 Å². The van der Waals surface area contributed by atoms with Gasteiger partial charge in [-0.25, -0.2) is 4.79 Å². The van der Waals surface area contributed by atoms with Crippen LogP contribution in [0.4, 0.5) is 10.5 Å². The summed E-state index contributed by atoms with van der Waals surface area (Å²) in [6.45, 7) is 9.95. The molecule has 0 bridgehead atoms. The van der Waals surface area contributed by atoms with Crippen LogP contribution in [-0.4, -0.2) is 24.0 Å². The molecule has 1 rings (SSSR count). The van der Waals surface area contributed by atoms with Gasteiger partial charge in [0.2, 0.25) is 0 Å². The van der Waals surface area contributed by atoms with Crippen LogP contribution in [0.3, 0.4) is 0 Å². The summed E-state index contributed by atoms with van der Waals surface area (Å²) in [4.78, 5) is 23.5. The lowest BCUT2D eigenvalue weighted by Gasteiger charge is -2.14. The summed E-state index contributed by atoms with van der Waals surface area (Å²) in [7, 11) is 0. The van der Waals surface area contributed by atoms with Crippen LogP contribution in [0.25, 0.3) is 0 Å². The van der Waals surface area contributed by atoms with Crippen LogP contribution in [0.15, 0.2) is 24.3 Å². The van der Waals surface area contributed by atoms with Gasteiger partial charge in [0.25, 0.3) is 0 Å². The van der Waals surface area contributed by atoms with E-state index in [0.29, 0.717) is 12.5 Å². The Kier molecular flexibility index (Phi) is 7.59. The van der Waals surface area contributed by atoms with Gasteiger partial charge in [0.1, 0.15) is 6.61 Å². The number of ether oxygens (including phenoxy) is 1. The number of ketones is 1. The summed E-state index contributed by atoms with van der Waals surface area (Å²) in [5.41, 5.74) is 1.93. The molecule has 0 saturated heterocycles. The molecule has 2 N–H and O–H groups in total. The molecule has 1 atom stereocenters. The molecular weight excluding hydrogens is 292 g/mol. The summed E-state index contributed by atoms with van der Waals surface area (Å²) in [6.07, 6.45) is -0.120. The van der Waals surface area contributed by atoms with Gasteiger partial charge in [-0.15, -0.1) is 0 Å². The molecule has 23 heavy (non-hydrogen) atoms. The Hall–Kier alpha value is -2.04. The highest BCUT2D eigenvalue weighted by molar-refractivity contribution is 5.87. The van der Waals surface area contributed by atoms with Crippen LogP contribution in [0.2, 0.25) is 0 Å². The van der Waals surface area contributed by atoms with Crippen molar-refractivity contribution in [3.8, 4) is 0 Å². The molecule has 5 nitrogen and oxygen atoms in total. The smallest absolute Gasteiger partial charge is 0.408 e. The molecule has 5 heteroatoms. The Balaban J connectivity index is 2.39. The van der Waals surface area contributed by atoms with E-state index in [0.717, 1.165) is 11.3 Å². The fourth-order valence-electron chi connectivity index (χ4n) is 2.06. The molecule has 1 aromatic rings. The van der Waals surface area contributed by atoms with Gasteiger partial charge in [0.15, 0.2) is 5.78 Å². The van der Waals surface area contributed by atoms with Gasteiger partial charge in [0.05, 0.1) is 6.04 Å². The second-order valence-electron chi connectivity index (χ2n) is 6.50. The topological polar surface area (TPSA) is 67.4 Å². The Labute approximate surface area is 138 Å². The zero-order valence-corrected chi connectivity index (χ0v) is 14.7. The van der Waals surface area contributed by atoms with Crippen LogP contribution < -0.4 is 10.6 Å². The maximum absolute atomic E-state index is 11.8. The lowest BCUT2D eigenvalue weighted by Crippen LogP contribution is -2.39. The number of benzene rings is 1. The highest BCUT2D eigenvalue weighted by Crippen LogP contribution is 2.11. The first kappa shape index (κ1) is 19.0. The van der Waals surface area contributed by atoms with Gasteiger partial charge >= 0.3 is 6.09 Å². The van der Waals surface area contributed by atoms with Crippen LogP contribution in [-0.2, 0) is 16.1 Å². The third-order valence-corrected chi connectivity index (χ3v) is 3.21. The quantitative estimate of drug-likeness (QED) is 0.766. The Morgan fingerprint density at radius 3 is 2.17 bits per heavy atom. The van der Waals surface area contributed by atoms with E-state index in [1.807, 2.05) is 38.1 Å². The Bertz CT molecular complexity index is 510. The fourth-order valence-corrected chi connectivity index (χ4v) is 2.06. The van der Waals surface area contributed by atoms with Crippen molar-refractivity contribution in [2.75, 3.05) is 5.32 Å². The standard InChI is InChI=1S/C18H28N2O3/c1-12(2)10-17(21)14(5)20-18(22)23-11-15-6-8-16(9-7-15)19-13(3)4/h6-9,12-14,19H,10-11H2,1-5H3,(H,20,22). The van der Waals surface area contributed by atoms with Crippen molar-refractivity contribution in [2.24, 2.45) is 5.92 Å². The number of nitrogens with one attached hydrogen (secondary N) is 2. The van der Waals surface area contributed by atoms with E-state index in [1.54, 1.807) is 6.92 Å². The van der Waals surface area contributed by atoms with Crippen molar-refractivity contribution in [1.29, 1.82) is 0 Å². The SMILES string of the molecule is CC(C)CC(=O)C(C)NC(=O)OCc1ccc(NC(C)C)cc1. The number of amides is 1. The van der Waals surface area contributed by atoms with E-state index in [4.69, 9.17) is 4.74 Å². The van der Waals surface area contributed by atoms with Gasteiger partial charge in [-0.05, 0) is 44.4 Å². The van der Waals surface area contributed by atoms with Crippen LogP contribution in [0.1, 0.15) is 46.6 Å². The van der Waals surface area contributed by atoms with E-state index in [1.165, 1.54) is 0 Å². The summed E-state index contributed by atoms with van der Waals surface area (Å²) >= 11 is 0. The van der Waals surface area contributed by atoms with E-state index in [9.17, 15) is 9.59 Å². The number of carbonyl (C=O) groups excluding carboxylic acids is 2. The molecule has 1 amide bonds. The number of anilines is 1. The predicted octanol–water partition coefficient (Wildman–Crippen LogP) is 3.74. The number of alkyl carbamates (subject to hydrolysis) is 1. The normalized spacial score (nSPS) is 12.1. The second-order valence-corrected chi connectivity index (χ2v) is 6.50. The van der Waals surface area contributed by atoms with Gasteiger partial charge in [-0.1, -0.05) is 26.0 Å². The van der Waals surface area contributed by atoms with Gasteiger partial charge in [0, 0.05) is 18.2 Å². The molecule has 0 spiro atoms. The summed E-state index contributed by atoms with van der Waals surface area (Å²) < 4.78 is 5.15. The zero-order chi connectivity index (χ0) is 17.4. The molecule has 0 heterocycles. The van der Waals surface area contributed by atoms with Crippen molar-refractivity contribution in [2.45, 2.75) is 59.7 Å². The van der Waals surface area contributed by atoms with E-state index < -0.39 is 12.1 Å². The van der Waals surface area contributed by atoms with Gasteiger partial charge < -0.3 is 15.4 Å². The van der Waals surface area contributed by atoms with E-state index in [-0.39, 0.29) is 18.3 Å². The number of rotatable bonds is 8. The average molecular weight is 320 g/mol. The average Bonchev–Trinajstić information content (AvgIpc) is 2.45. The molecule has 1 unspecified atom stereocenters.